The van der Waals surface area contributed by atoms with E-state index in [-0.39, 0.29) is 5.92 Å². The Morgan fingerprint density at radius 2 is 1.88 bits per heavy atom. The van der Waals surface area contributed by atoms with Gasteiger partial charge in [0.1, 0.15) is 0 Å². The van der Waals surface area contributed by atoms with E-state index >= 15 is 0 Å². The lowest BCUT2D eigenvalue weighted by molar-refractivity contribution is -0.120. The van der Waals surface area contributed by atoms with Gasteiger partial charge in [0.05, 0.1) is 10.9 Å². The monoisotopic (exact) mass is 360 g/mol. The van der Waals surface area contributed by atoms with E-state index < -0.39 is 17.2 Å². The van der Waals surface area contributed by atoms with Gasteiger partial charge in [-0.25, -0.2) is 9.78 Å². The van der Waals surface area contributed by atoms with E-state index in [1.54, 1.807) is 6.20 Å². The average molecular weight is 360 g/mol. The predicted octanol–water partition coefficient (Wildman–Crippen LogP) is 3.31. The maximum Gasteiger partial charge on any atom is 0.318 e. The van der Waals surface area contributed by atoms with Crippen molar-refractivity contribution in [2.75, 3.05) is 0 Å². The lowest BCUT2D eigenvalue weighted by Gasteiger charge is -2.20. The van der Waals surface area contributed by atoms with Crippen molar-refractivity contribution in [2.24, 2.45) is 11.7 Å². The Kier molecular flexibility index (Phi) is 6.25. The fourth-order valence-electron chi connectivity index (χ4n) is 2.55. The highest BCUT2D eigenvalue weighted by molar-refractivity contribution is 8.00. The van der Waals surface area contributed by atoms with Crippen LogP contribution in [0.25, 0.3) is 5.69 Å². The van der Waals surface area contributed by atoms with E-state index in [1.165, 1.54) is 17.3 Å². The minimum Gasteiger partial charge on any atom is -0.351 e. The van der Waals surface area contributed by atoms with Gasteiger partial charge in [-0.15, -0.1) is 0 Å². The van der Waals surface area contributed by atoms with Crippen LogP contribution in [0.1, 0.15) is 39.2 Å². The number of urea groups is 1. The average Bonchev–Trinajstić information content (AvgIpc) is 2.99. The molecule has 0 saturated heterocycles. The van der Waals surface area contributed by atoms with Gasteiger partial charge >= 0.3 is 6.03 Å². The fraction of sp³-hybridized carbons (Fsp3) is 0.389. The molecule has 7 heteroatoms. The van der Waals surface area contributed by atoms with Crippen LogP contribution in [0.5, 0.6) is 0 Å². The minimum absolute atomic E-state index is 0.00911. The number of hydrogen-bond donors (Lipinski definition) is 2. The van der Waals surface area contributed by atoms with Crippen molar-refractivity contribution in [1.29, 1.82) is 0 Å². The SMILES string of the molecule is CC(C)c1ccccc1-n1ccnc1SC(C(=O)NC(N)=O)C(C)C. The molecule has 0 bridgehead atoms. The second kappa shape index (κ2) is 8.20. The molecule has 134 valence electrons. The van der Waals surface area contributed by atoms with Gasteiger partial charge in [0, 0.05) is 12.4 Å². The molecule has 2 aromatic rings. The van der Waals surface area contributed by atoms with Crippen LogP contribution in [-0.4, -0.2) is 26.7 Å². The Balaban J connectivity index is 2.35. The number of hydrogen-bond acceptors (Lipinski definition) is 4. The summed E-state index contributed by atoms with van der Waals surface area (Å²) < 4.78 is 1.98. The maximum absolute atomic E-state index is 12.3. The number of aromatic nitrogens is 2. The normalized spacial score (nSPS) is 12.4. The maximum atomic E-state index is 12.3. The van der Waals surface area contributed by atoms with Gasteiger partial charge in [-0.3, -0.25) is 14.7 Å². The first-order valence-electron chi connectivity index (χ1n) is 8.20. The number of nitrogens with one attached hydrogen (secondary N) is 1. The highest BCUT2D eigenvalue weighted by atomic mass is 32.2. The smallest absolute Gasteiger partial charge is 0.318 e. The standard InChI is InChI=1S/C18H24N4O2S/c1-11(2)13-7-5-6-8-14(13)22-10-9-20-18(22)25-15(12(3)4)16(23)21-17(19)24/h5-12,15H,1-4H3,(H3,19,21,23,24). The van der Waals surface area contributed by atoms with Crippen LogP contribution >= 0.6 is 11.8 Å². The molecule has 3 N–H and O–H groups in total. The third kappa shape index (κ3) is 4.63. The first-order valence-corrected chi connectivity index (χ1v) is 9.08. The van der Waals surface area contributed by atoms with Crippen molar-refractivity contribution >= 4 is 23.7 Å². The number of benzene rings is 1. The molecule has 0 radical (unpaired) electrons. The van der Waals surface area contributed by atoms with Crippen molar-refractivity contribution in [1.82, 2.24) is 14.9 Å². The van der Waals surface area contributed by atoms with E-state index in [4.69, 9.17) is 5.73 Å². The zero-order valence-electron chi connectivity index (χ0n) is 14.9. The van der Waals surface area contributed by atoms with Crippen LogP contribution in [0.4, 0.5) is 4.79 Å². The summed E-state index contributed by atoms with van der Waals surface area (Å²) in [5.41, 5.74) is 7.31. The zero-order chi connectivity index (χ0) is 18.6. The number of imidazole rings is 1. The van der Waals surface area contributed by atoms with Crippen LogP contribution in [0.3, 0.4) is 0 Å². The van der Waals surface area contributed by atoms with Crippen molar-refractivity contribution in [3.63, 3.8) is 0 Å². The largest absolute Gasteiger partial charge is 0.351 e. The number of rotatable bonds is 6. The highest BCUT2D eigenvalue weighted by Crippen LogP contribution is 2.31. The van der Waals surface area contributed by atoms with E-state index in [9.17, 15) is 9.59 Å². The van der Waals surface area contributed by atoms with E-state index in [2.05, 4.69) is 30.2 Å². The van der Waals surface area contributed by atoms with E-state index in [0.29, 0.717) is 11.1 Å². The Morgan fingerprint density at radius 1 is 1.20 bits per heavy atom. The van der Waals surface area contributed by atoms with Gasteiger partial charge in [-0.05, 0) is 23.5 Å². The van der Waals surface area contributed by atoms with Crippen LogP contribution in [0.15, 0.2) is 41.8 Å². The van der Waals surface area contributed by atoms with E-state index in [1.807, 2.05) is 42.8 Å². The molecule has 0 spiro atoms. The zero-order valence-corrected chi connectivity index (χ0v) is 15.7. The van der Waals surface area contributed by atoms with Gasteiger partial charge < -0.3 is 5.73 Å². The summed E-state index contributed by atoms with van der Waals surface area (Å²) in [7, 11) is 0. The highest BCUT2D eigenvalue weighted by Gasteiger charge is 2.27. The van der Waals surface area contributed by atoms with Gasteiger partial charge in [0.15, 0.2) is 5.16 Å². The molecule has 0 saturated carbocycles. The Bertz CT molecular complexity index is 755. The van der Waals surface area contributed by atoms with Crippen LogP contribution < -0.4 is 11.1 Å². The second-order valence-electron chi connectivity index (χ2n) is 6.43. The van der Waals surface area contributed by atoms with Crippen molar-refractivity contribution in [3.8, 4) is 5.69 Å². The van der Waals surface area contributed by atoms with Crippen molar-refractivity contribution in [2.45, 2.75) is 44.0 Å². The van der Waals surface area contributed by atoms with Gasteiger partial charge in [-0.1, -0.05) is 57.7 Å². The predicted molar refractivity (Wildman–Crippen MR) is 99.9 cm³/mol. The van der Waals surface area contributed by atoms with Gasteiger partial charge in [0.25, 0.3) is 0 Å². The van der Waals surface area contributed by atoms with Crippen LogP contribution in [-0.2, 0) is 4.79 Å². The first-order chi connectivity index (χ1) is 11.8. The number of carbonyl (C=O) groups is 2. The number of imide groups is 1. The number of carbonyl (C=O) groups excluding carboxylic acids is 2. The van der Waals surface area contributed by atoms with Crippen LogP contribution in [0.2, 0.25) is 0 Å². The lowest BCUT2D eigenvalue weighted by atomic mass is 10.0. The third-order valence-electron chi connectivity index (χ3n) is 3.77. The summed E-state index contributed by atoms with van der Waals surface area (Å²) in [6.45, 7) is 8.13. The summed E-state index contributed by atoms with van der Waals surface area (Å²) in [4.78, 5) is 27.7. The number of thioether (sulfide) groups is 1. The summed E-state index contributed by atoms with van der Waals surface area (Å²) >= 11 is 1.33. The topological polar surface area (TPSA) is 90.0 Å². The molecular formula is C18H24N4O2S. The number of primary amides is 1. The van der Waals surface area contributed by atoms with Crippen molar-refractivity contribution in [3.05, 3.63) is 42.2 Å². The molecule has 0 aliphatic rings. The molecule has 1 atom stereocenters. The molecular weight excluding hydrogens is 336 g/mol. The first kappa shape index (κ1) is 19.1. The number of nitrogens with two attached hydrogens (primary N) is 1. The Morgan fingerprint density at radius 3 is 2.48 bits per heavy atom. The Hall–Kier alpha value is -2.28. The summed E-state index contributed by atoms with van der Waals surface area (Å²) in [5.74, 6) is -0.0375. The second-order valence-corrected chi connectivity index (χ2v) is 7.54. The molecule has 0 aliphatic carbocycles. The summed E-state index contributed by atoms with van der Waals surface area (Å²) in [6.07, 6.45) is 3.59. The number of amides is 3. The van der Waals surface area contributed by atoms with Gasteiger partial charge in [0.2, 0.25) is 5.91 Å². The lowest BCUT2D eigenvalue weighted by Crippen LogP contribution is -2.42. The minimum atomic E-state index is -0.843. The third-order valence-corrected chi connectivity index (χ3v) is 5.29. The van der Waals surface area contributed by atoms with Crippen molar-refractivity contribution < 1.29 is 9.59 Å². The summed E-state index contributed by atoms with van der Waals surface area (Å²) in [5, 5.41) is 2.40. The molecule has 3 amide bonds. The molecule has 0 aliphatic heterocycles. The molecule has 2 rings (SSSR count). The van der Waals surface area contributed by atoms with Gasteiger partial charge in [-0.2, -0.15) is 0 Å². The molecule has 6 nitrogen and oxygen atoms in total. The summed E-state index contributed by atoms with van der Waals surface area (Å²) in [6, 6.07) is 7.28. The molecule has 1 unspecified atom stereocenters. The molecule has 25 heavy (non-hydrogen) atoms. The quantitative estimate of drug-likeness (QED) is 0.773. The Labute approximate surface area is 152 Å². The molecule has 1 aromatic carbocycles. The molecule has 1 heterocycles. The molecule has 0 fully saturated rings. The molecule has 1 aromatic heterocycles. The van der Waals surface area contributed by atoms with E-state index in [0.717, 1.165) is 5.69 Å². The fourth-order valence-corrected chi connectivity index (χ4v) is 3.61. The number of para-hydroxylation sites is 1. The number of nitrogens with zero attached hydrogens (tertiary/aromatic N) is 2. The van der Waals surface area contributed by atoms with Crippen LogP contribution in [0, 0.1) is 5.92 Å².